The highest BCUT2D eigenvalue weighted by molar-refractivity contribution is 9.10. The van der Waals surface area contributed by atoms with Gasteiger partial charge in [-0.25, -0.2) is 0 Å². The van der Waals surface area contributed by atoms with E-state index in [1.54, 1.807) is 7.11 Å². The van der Waals surface area contributed by atoms with Crippen molar-refractivity contribution in [3.63, 3.8) is 0 Å². The third kappa shape index (κ3) is 3.23. The fraction of sp³-hybridized carbons (Fsp3) is 0.462. The second-order valence-corrected chi connectivity index (χ2v) is 5.27. The van der Waals surface area contributed by atoms with E-state index in [-0.39, 0.29) is 11.8 Å². The summed E-state index contributed by atoms with van der Waals surface area (Å²) in [5, 5.41) is 6.20. The fourth-order valence-corrected chi connectivity index (χ4v) is 2.46. The van der Waals surface area contributed by atoms with Crippen LogP contribution in [0.1, 0.15) is 12.8 Å². The minimum atomic E-state index is 0.0768. The number of ether oxygens (including phenoxy) is 1. The first-order valence-electron chi connectivity index (χ1n) is 6.06. The highest BCUT2D eigenvalue weighted by atomic mass is 79.9. The van der Waals surface area contributed by atoms with Gasteiger partial charge in [0, 0.05) is 10.4 Å². The summed E-state index contributed by atoms with van der Waals surface area (Å²) < 4.78 is 6.16. The Kier molecular flexibility index (Phi) is 4.60. The zero-order valence-corrected chi connectivity index (χ0v) is 11.9. The standard InChI is InChI=1S/C13H17BrN2O2/c1-18-12-3-2-10(14)8-11(12)16-13(17)9-4-6-15-7-5-9/h2-3,8-9,15H,4-7H2,1H3,(H,16,17). The number of carbonyl (C=O) groups is 1. The first-order chi connectivity index (χ1) is 8.70. The van der Waals surface area contributed by atoms with Crippen molar-refractivity contribution in [1.82, 2.24) is 5.32 Å². The van der Waals surface area contributed by atoms with Crippen LogP contribution in [0.25, 0.3) is 0 Å². The number of rotatable bonds is 3. The Labute approximate surface area is 115 Å². The molecule has 1 aromatic carbocycles. The van der Waals surface area contributed by atoms with Crippen LogP contribution in [0, 0.1) is 5.92 Å². The molecule has 0 atom stereocenters. The molecule has 0 spiro atoms. The number of benzene rings is 1. The summed E-state index contributed by atoms with van der Waals surface area (Å²) in [6, 6.07) is 5.58. The van der Waals surface area contributed by atoms with Crippen molar-refractivity contribution >= 4 is 27.5 Å². The summed E-state index contributed by atoms with van der Waals surface area (Å²) in [6.45, 7) is 1.82. The van der Waals surface area contributed by atoms with Gasteiger partial charge in [-0.05, 0) is 44.1 Å². The van der Waals surface area contributed by atoms with Crippen molar-refractivity contribution in [2.45, 2.75) is 12.8 Å². The molecule has 0 radical (unpaired) electrons. The molecule has 1 aliphatic heterocycles. The van der Waals surface area contributed by atoms with Crippen molar-refractivity contribution in [1.29, 1.82) is 0 Å². The molecule has 2 rings (SSSR count). The maximum absolute atomic E-state index is 12.1. The minimum Gasteiger partial charge on any atom is -0.495 e. The van der Waals surface area contributed by atoms with Crippen molar-refractivity contribution in [2.24, 2.45) is 5.92 Å². The Morgan fingerprint density at radius 3 is 2.83 bits per heavy atom. The van der Waals surface area contributed by atoms with Gasteiger partial charge in [0.25, 0.3) is 0 Å². The number of halogens is 1. The van der Waals surface area contributed by atoms with Crippen LogP contribution in [0.2, 0.25) is 0 Å². The lowest BCUT2D eigenvalue weighted by atomic mass is 9.97. The van der Waals surface area contributed by atoms with Gasteiger partial charge in [-0.15, -0.1) is 0 Å². The van der Waals surface area contributed by atoms with E-state index in [0.717, 1.165) is 36.1 Å². The molecule has 0 aliphatic carbocycles. The molecule has 0 bridgehead atoms. The average molecular weight is 313 g/mol. The molecule has 1 aromatic rings. The summed E-state index contributed by atoms with van der Waals surface area (Å²) in [7, 11) is 1.60. The molecule has 0 unspecified atom stereocenters. The van der Waals surface area contributed by atoms with Crippen LogP contribution < -0.4 is 15.4 Å². The van der Waals surface area contributed by atoms with E-state index < -0.39 is 0 Å². The molecule has 2 N–H and O–H groups in total. The number of methoxy groups -OCH3 is 1. The Balaban J connectivity index is 2.07. The predicted octanol–water partition coefficient (Wildman–Crippen LogP) is 2.40. The molecular weight excluding hydrogens is 296 g/mol. The number of anilines is 1. The second-order valence-electron chi connectivity index (χ2n) is 4.36. The molecule has 4 nitrogen and oxygen atoms in total. The molecule has 0 saturated carbocycles. The van der Waals surface area contributed by atoms with Crippen molar-refractivity contribution in [2.75, 3.05) is 25.5 Å². The second kappa shape index (κ2) is 6.20. The first kappa shape index (κ1) is 13.4. The number of carbonyl (C=O) groups excluding carboxylic acids is 1. The van der Waals surface area contributed by atoms with Crippen LogP contribution in [0.5, 0.6) is 5.75 Å². The monoisotopic (exact) mass is 312 g/mol. The highest BCUT2D eigenvalue weighted by Crippen LogP contribution is 2.28. The summed E-state index contributed by atoms with van der Waals surface area (Å²) >= 11 is 3.39. The topological polar surface area (TPSA) is 50.4 Å². The largest absolute Gasteiger partial charge is 0.495 e. The predicted molar refractivity (Wildman–Crippen MR) is 74.9 cm³/mol. The maximum Gasteiger partial charge on any atom is 0.227 e. The zero-order chi connectivity index (χ0) is 13.0. The Morgan fingerprint density at radius 1 is 1.44 bits per heavy atom. The molecule has 1 fully saturated rings. The van der Waals surface area contributed by atoms with Crippen LogP contribution in [0.15, 0.2) is 22.7 Å². The van der Waals surface area contributed by atoms with E-state index in [1.807, 2.05) is 18.2 Å². The van der Waals surface area contributed by atoms with Gasteiger partial charge in [0.05, 0.1) is 12.8 Å². The minimum absolute atomic E-state index is 0.0768. The number of nitrogens with one attached hydrogen (secondary N) is 2. The molecule has 18 heavy (non-hydrogen) atoms. The third-order valence-corrected chi connectivity index (χ3v) is 3.62. The molecule has 5 heteroatoms. The van der Waals surface area contributed by atoms with Gasteiger partial charge in [0.1, 0.15) is 5.75 Å². The molecule has 98 valence electrons. The lowest BCUT2D eigenvalue weighted by Crippen LogP contribution is -2.34. The Hall–Kier alpha value is -1.07. The van der Waals surface area contributed by atoms with E-state index in [9.17, 15) is 4.79 Å². The van der Waals surface area contributed by atoms with Crippen molar-refractivity contribution in [3.05, 3.63) is 22.7 Å². The van der Waals surface area contributed by atoms with Crippen LogP contribution in [-0.4, -0.2) is 26.1 Å². The third-order valence-electron chi connectivity index (χ3n) is 3.13. The van der Waals surface area contributed by atoms with E-state index in [0.29, 0.717) is 5.75 Å². The summed E-state index contributed by atoms with van der Waals surface area (Å²) in [6.07, 6.45) is 1.78. The van der Waals surface area contributed by atoms with E-state index >= 15 is 0 Å². The maximum atomic E-state index is 12.1. The van der Waals surface area contributed by atoms with Gasteiger partial charge in [-0.2, -0.15) is 0 Å². The number of piperidine rings is 1. The molecule has 1 aliphatic rings. The molecule has 1 heterocycles. The summed E-state index contributed by atoms with van der Waals surface area (Å²) in [4.78, 5) is 12.1. The highest BCUT2D eigenvalue weighted by Gasteiger charge is 2.21. The quantitative estimate of drug-likeness (QED) is 0.901. The number of hydrogen-bond donors (Lipinski definition) is 2. The summed E-state index contributed by atoms with van der Waals surface area (Å²) in [5.74, 6) is 0.850. The van der Waals surface area contributed by atoms with Gasteiger partial charge in [0.15, 0.2) is 0 Å². The van der Waals surface area contributed by atoms with E-state index in [2.05, 4.69) is 26.6 Å². The summed E-state index contributed by atoms with van der Waals surface area (Å²) in [5.41, 5.74) is 0.718. The zero-order valence-electron chi connectivity index (χ0n) is 10.3. The Bertz CT molecular complexity index is 431. The van der Waals surface area contributed by atoms with Gasteiger partial charge in [-0.1, -0.05) is 15.9 Å². The van der Waals surface area contributed by atoms with Crippen LogP contribution in [0.4, 0.5) is 5.69 Å². The first-order valence-corrected chi connectivity index (χ1v) is 6.85. The SMILES string of the molecule is COc1ccc(Br)cc1NC(=O)C1CCNCC1. The van der Waals surface area contributed by atoms with Crippen LogP contribution in [0.3, 0.4) is 0 Å². The normalized spacial score (nSPS) is 16.3. The van der Waals surface area contributed by atoms with Crippen molar-refractivity contribution in [3.8, 4) is 5.75 Å². The lowest BCUT2D eigenvalue weighted by molar-refractivity contribution is -0.120. The van der Waals surface area contributed by atoms with Crippen LogP contribution in [-0.2, 0) is 4.79 Å². The molecule has 0 aromatic heterocycles. The number of amides is 1. The fourth-order valence-electron chi connectivity index (χ4n) is 2.10. The van der Waals surface area contributed by atoms with E-state index in [1.165, 1.54) is 0 Å². The van der Waals surface area contributed by atoms with Gasteiger partial charge in [0.2, 0.25) is 5.91 Å². The molecule has 1 amide bonds. The van der Waals surface area contributed by atoms with E-state index in [4.69, 9.17) is 4.74 Å². The molecular formula is C13H17BrN2O2. The smallest absolute Gasteiger partial charge is 0.227 e. The molecule has 1 saturated heterocycles. The Morgan fingerprint density at radius 2 is 2.17 bits per heavy atom. The van der Waals surface area contributed by atoms with Crippen LogP contribution >= 0.6 is 15.9 Å². The lowest BCUT2D eigenvalue weighted by Gasteiger charge is -2.22. The average Bonchev–Trinajstić information content (AvgIpc) is 2.40. The van der Waals surface area contributed by atoms with Gasteiger partial charge < -0.3 is 15.4 Å². The number of hydrogen-bond acceptors (Lipinski definition) is 3. The van der Waals surface area contributed by atoms with Gasteiger partial charge in [-0.3, -0.25) is 4.79 Å². The van der Waals surface area contributed by atoms with Gasteiger partial charge >= 0.3 is 0 Å². The van der Waals surface area contributed by atoms with Crippen molar-refractivity contribution < 1.29 is 9.53 Å².